The van der Waals surface area contributed by atoms with Gasteiger partial charge in [-0.15, -0.1) is 11.6 Å². The minimum absolute atomic E-state index is 0.0592. The second-order valence-electron chi connectivity index (χ2n) is 5.62. The molecule has 1 aromatic rings. The summed E-state index contributed by atoms with van der Waals surface area (Å²) in [5.41, 5.74) is 1.08. The SMILES string of the molecule is CC1CCCCN1S(=O)(=O)NC(CCl)Cc1ccccc1. The van der Waals surface area contributed by atoms with Crippen LogP contribution in [0.2, 0.25) is 0 Å². The topological polar surface area (TPSA) is 49.4 Å². The fourth-order valence-corrected chi connectivity index (χ4v) is 4.68. The molecular weight excluding hydrogens is 308 g/mol. The van der Waals surface area contributed by atoms with Gasteiger partial charge in [0.1, 0.15) is 0 Å². The Bertz CT molecular complexity index is 536. The van der Waals surface area contributed by atoms with E-state index in [2.05, 4.69) is 4.72 Å². The summed E-state index contributed by atoms with van der Waals surface area (Å²) in [6, 6.07) is 9.58. The average Bonchev–Trinajstić information content (AvgIpc) is 2.47. The van der Waals surface area contributed by atoms with E-state index in [-0.39, 0.29) is 18.0 Å². The van der Waals surface area contributed by atoms with Crippen molar-refractivity contribution in [1.82, 2.24) is 9.03 Å². The van der Waals surface area contributed by atoms with E-state index in [1.165, 1.54) is 0 Å². The van der Waals surface area contributed by atoms with Crippen LogP contribution in [0, 0.1) is 0 Å². The predicted octanol–water partition coefficient (Wildman–Crippen LogP) is 2.55. The largest absolute Gasteiger partial charge is 0.279 e. The molecule has 21 heavy (non-hydrogen) atoms. The first kappa shape index (κ1) is 16.7. The Labute approximate surface area is 132 Å². The molecule has 118 valence electrons. The molecule has 1 N–H and O–H groups in total. The van der Waals surface area contributed by atoms with Gasteiger partial charge in [-0.3, -0.25) is 0 Å². The van der Waals surface area contributed by atoms with Gasteiger partial charge < -0.3 is 0 Å². The quantitative estimate of drug-likeness (QED) is 0.815. The lowest BCUT2D eigenvalue weighted by atomic mass is 10.1. The van der Waals surface area contributed by atoms with Crippen LogP contribution >= 0.6 is 11.6 Å². The maximum absolute atomic E-state index is 12.5. The van der Waals surface area contributed by atoms with Crippen molar-refractivity contribution in [2.75, 3.05) is 12.4 Å². The Morgan fingerprint density at radius 3 is 2.67 bits per heavy atom. The molecule has 0 saturated carbocycles. The summed E-state index contributed by atoms with van der Waals surface area (Å²) in [6.07, 6.45) is 3.54. The van der Waals surface area contributed by atoms with E-state index >= 15 is 0 Å². The Kier molecular flexibility index (Phi) is 6.05. The normalized spacial score (nSPS) is 22.1. The minimum atomic E-state index is -3.47. The number of hydrogen-bond acceptors (Lipinski definition) is 2. The van der Waals surface area contributed by atoms with Gasteiger partial charge in [0, 0.05) is 24.5 Å². The number of nitrogens with zero attached hydrogens (tertiary/aromatic N) is 1. The van der Waals surface area contributed by atoms with Crippen LogP contribution in [0.1, 0.15) is 31.7 Å². The molecule has 1 saturated heterocycles. The van der Waals surface area contributed by atoms with Gasteiger partial charge in [-0.05, 0) is 31.7 Å². The number of benzene rings is 1. The zero-order valence-corrected chi connectivity index (χ0v) is 13.9. The predicted molar refractivity (Wildman–Crippen MR) is 86.7 cm³/mol. The van der Waals surface area contributed by atoms with E-state index in [0.717, 1.165) is 24.8 Å². The van der Waals surface area contributed by atoms with Crippen molar-refractivity contribution in [3.63, 3.8) is 0 Å². The first-order valence-corrected chi connectivity index (χ1v) is 9.39. The molecule has 0 bridgehead atoms. The molecule has 2 rings (SSSR count). The fourth-order valence-electron chi connectivity index (χ4n) is 2.73. The number of alkyl halides is 1. The summed E-state index contributed by atoms with van der Waals surface area (Å²) in [5, 5.41) is 0. The summed E-state index contributed by atoms with van der Waals surface area (Å²) in [6.45, 7) is 2.56. The first-order chi connectivity index (χ1) is 10.0. The number of nitrogens with one attached hydrogen (secondary N) is 1. The molecule has 0 amide bonds. The van der Waals surface area contributed by atoms with Crippen LogP contribution in [0.4, 0.5) is 0 Å². The maximum atomic E-state index is 12.5. The molecule has 2 unspecified atom stereocenters. The first-order valence-electron chi connectivity index (χ1n) is 7.42. The van der Waals surface area contributed by atoms with Crippen LogP contribution in [-0.4, -0.2) is 37.2 Å². The van der Waals surface area contributed by atoms with Crippen molar-refractivity contribution in [1.29, 1.82) is 0 Å². The van der Waals surface area contributed by atoms with Crippen LogP contribution in [0.3, 0.4) is 0 Å². The van der Waals surface area contributed by atoms with Crippen molar-refractivity contribution >= 4 is 21.8 Å². The molecule has 2 atom stereocenters. The second-order valence-corrected chi connectivity index (χ2v) is 7.58. The highest BCUT2D eigenvalue weighted by molar-refractivity contribution is 7.87. The van der Waals surface area contributed by atoms with Gasteiger partial charge in [-0.25, -0.2) is 0 Å². The summed E-state index contributed by atoms with van der Waals surface area (Å²) in [4.78, 5) is 0. The van der Waals surface area contributed by atoms with Crippen LogP contribution in [0.25, 0.3) is 0 Å². The van der Waals surface area contributed by atoms with Crippen LogP contribution in [0.15, 0.2) is 30.3 Å². The van der Waals surface area contributed by atoms with Crippen molar-refractivity contribution in [3.8, 4) is 0 Å². The molecule has 1 aromatic carbocycles. The molecule has 0 aromatic heterocycles. The van der Waals surface area contributed by atoms with Gasteiger partial charge in [0.05, 0.1) is 0 Å². The van der Waals surface area contributed by atoms with E-state index < -0.39 is 10.2 Å². The Morgan fingerprint density at radius 2 is 2.05 bits per heavy atom. The zero-order valence-electron chi connectivity index (χ0n) is 12.3. The van der Waals surface area contributed by atoms with E-state index in [4.69, 9.17) is 11.6 Å². The zero-order chi connectivity index (χ0) is 15.3. The number of piperidine rings is 1. The van der Waals surface area contributed by atoms with E-state index in [1.807, 2.05) is 37.3 Å². The van der Waals surface area contributed by atoms with Crippen molar-refractivity contribution < 1.29 is 8.42 Å². The molecule has 0 aliphatic carbocycles. The monoisotopic (exact) mass is 330 g/mol. The Hall–Kier alpha value is -0.620. The number of rotatable bonds is 6. The lowest BCUT2D eigenvalue weighted by Gasteiger charge is -2.33. The van der Waals surface area contributed by atoms with Gasteiger partial charge >= 0.3 is 0 Å². The lowest BCUT2D eigenvalue weighted by molar-refractivity contribution is 0.264. The van der Waals surface area contributed by atoms with Crippen LogP contribution in [-0.2, 0) is 16.6 Å². The standard InChI is InChI=1S/C15H23ClN2O2S/c1-13-7-5-6-10-18(13)21(19,20)17-15(12-16)11-14-8-3-2-4-9-14/h2-4,8-9,13,15,17H,5-7,10-12H2,1H3. The highest BCUT2D eigenvalue weighted by Gasteiger charge is 2.31. The Balaban J connectivity index is 2.03. The molecule has 1 aliphatic heterocycles. The van der Waals surface area contributed by atoms with E-state index in [9.17, 15) is 8.42 Å². The molecule has 0 radical (unpaired) electrons. The van der Waals surface area contributed by atoms with Crippen molar-refractivity contribution in [3.05, 3.63) is 35.9 Å². The van der Waals surface area contributed by atoms with Crippen molar-refractivity contribution in [2.24, 2.45) is 0 Å². The van der Waals surface area contributed by atoms with Crippen LogP contribution < -0.4 is 4.72 Å². The molecule has 1 fully saturated rings. The highest BCUT2D eigenvalue weighted by Crippen LogP contribution is 2.19. The third kappa shape index (κ3) is 4.68. The smallest absolute Gasteiger partial charge is 0.197 e. The van der Waals surface area contributed by atoms with Gasteiger partial charge in [-0.2, -0.15) is 17.4 Å². The number of halogens is 1. The molecule has 0 spiro atoms. The third-order valence-electron chi connectivity index (χ3n) is 3.88. The summed E-state index contributed by atoms with van der Waals surface area (Å²) in [5.74, 6) is 0.260. The molecular formula is C15H23ClN2O2S. The lowest BCUT2D eigenvalue weighted by Crippen LogP contribution is -2.51. The van der Waals surface area contributed by atoms with E-state index in [1.54, 1.807) is 4.31 Å². The molecule has 1 aliphatic rings. The fraction of sp³-hybridized carbons (Fsp3) is 0.600. The minimum Gasteiger partial charge on any atom is -0.197 e. The maximum Gasteiger partial charge on any atom is 0.279 e. The van der Waals surface area contributed by atoms with Crippen molar-refractivity contribution in [2.45, 2.75) is 44.7 Å². The summed E-state index contributed by atoms with van der Waals surface area (Å²) < 4.78 is 29.4. The average molecular weight is 331 g/mol. The summed E-state index contributed by atoms with van der Waals surface area (Å²) >= 11 is 5.95. The highest BCUT2D eigenvalue weighted by atomic mass is 35.5. The van der Waals surface area contributed by atoms with E-state index in [0.29, 0.717) is 13.0 Å². The summed E-state index contributed by atoms with van der Waals surface area (Å²) in [7, 11) is -3.47. The van der Waals surface area contributed by atoms with Gasteiger partial charge in [-0.1, -0.05) is 36.8 Å². The molecule has 6 heteroatoms. The second kappa shape index (κ2) is 7.58. The molecule has 4 nitrogen and oxygen atoms in total. The van der Waals surface area contributed by atoms with Gasteiger partial charge in [0.15, 0.2) is 0 Å². The van der Waals surface area contributed by atoms with Gasteiger partial charge in [0.2, 0.25) is 0 Å². The Morgan fingerprint density at radius 1 is 1.33 bits per heavy atom. The number of hydrogen-bond donors (Lipinski definition) is 1. The van der Waals surface area contributed by atoms with Gasteiger partial charge in [0.25, 0.3) is 10.2 Å². The third-order valence-corrected chi connectivity index (χ3v) is 6.04. The molecule has 1 heterocycles. The van der Waals surface area contributed by atoms with Crippen LogP contribution in [0.5, 0.6) is 0 Å².